The number of nitrogens with one attached hydrogen (secondary N) is 1. The molecular formula is C24H14Cl4N2O4. The molecule has 0 radical (unpaired) electrons. The van der Waals surface area contributed by atoms with Crippen LogP contribution in [-0.2, 0) is 16.2 Å². The molecule has 3 aromatic carbocycles. The molecule has 0 atom stereocenters. The van der Waals surface area contributed by atoms with Gasteiger partial charge >= 0.3 is 6.03 Å². The standard InChI is InChI=1S/C24H14Cl4N2O4/c25-15-4-1-13(2-5-15)12-34-21-8-3-14(10-20(21)28)9-17-22(31)29-24(33)30(23(17)32)16-6-7-18(26)19(27)11-16/h1-11H,12H2,(H,29,31,33)/b17-9+. The molecule has 1 saturated heterocycles. The lowest BCUT2D eigenvalue weighted by Gasteiger charge is -2.26. The Hall–Kier alpha value is -3.03. The van der Waals surface area contributed by atoms with Gasteiger partial charge in [0, 0.05) is 5.02 Å². The minimum atomic E-state index is -0.894. The predicted octanol–water partition coefficient (Wildman–Crippen LogP) is 6.55. The average Bonchev–Trinajstić information content (AvgIpc) is 2.79. The van der Waals surface area contributed by atoms with E-state index in [4.69, 9.17) is 51.1 Å². The molecule has 172 valence electrons. The number of carbonyl (C=O) groups is 3. The van der Waals surface area contributed by atoms with Crippen LogP contribution < -0.4 is 15.0 Å². The normalized spacial score (nSPS) is 15.0. The summed E-state index contributed by atoms with van der Waals surface area (Å²) in [6.45, 7) is 0.277. The maximum Gasteiger partial charge on any atom is 0.335 e. The highest BCUT2D eigenvalue weighted by atomic mass is 35.5. The summed E-state index contributed by atoms with van der Waals surface area (Å²) in [6, 6.07) is 15.4. The van der Waals surface area contributed by atoms with Crippen LogP contribution in [0.1, 0.15) is 11.1 Å². The molecule has 0 bridgehead atoms. The number of hydrogen-bond donors (Lipinski definition) is 1. The zero-order valence-corrected chi connectivity index (χ0v) is 20.2. The summed E-state index contributed by atoms with van der Waals surface area (Å²) < 4.78 is 5.74. The van der Waals surface area contributed by atoms with Gasteiger partial charge in [-0.25, -0.2) is 9.69 Å². The number of hydrogen-bond acceptors (Lipinski definition) is 4. The van der Waals surface area contributed by atoms with Gasteiger partial charge in [-0.15, -0.1) is 0 Å². The van der Waals surface area contributed by atoms with Gasteiger partial charge in [0.25, 0.3) is 11.8 Å². The number of nitrogens with zero attached hydrogens (tertiary/aromatic N) is 1. The van der Waals surface area contributed by atoms with E-state index in [0.717, 1.165) is 10.5 Å². The second-order valence-corrected chi connectivity index (χ2v) is 8.82. The monoisotopic (exact) mass is 534 g/mol. The number of ether oxygens (including phenoxy) is 1. The highest BCUT2D eigenvalue weighted by Crippen LogP contribution is 2.31. The Morgan fingerprint density at radius 2 is 1.56 bits per heavy atom. The minimum Gasteiger partial charge on any atom is -0.487 e. The molecule has 3 aromatic rings. The summed E-state index contributed by atoms with van der Waals surface area (Å²) in [4.78, 5) is 38.6. The minimum absolute atomic E-state index is 0.156. The highest BCUT2D eigenvalue weighted by molar-refractivity contribution is 6.43. The van der Waals surface area contributed by atoms with Crippen LogP contribution >= 0.6 is 46.4 Å². The number of barbiturate groups is 1. The van der Waals surface area contributed by atoms with E-state index >= 15 is 0 Å². The van der Waals surface area contributed by atoms with Crippen LogP contribution in [0.4, 0.5) is 10.5 Å². The Bertz CT molecular complexity index is 1340. The molecule has 10 heteroatoms. The number of benzene rings is 3. The van der Waals surface area contributed by atoms with Gasteiger partial charge in [-0.1, -0.05) is 64.6 Å². The summed E-state index contributed by atoms with van der Waals surface area (Å²) in [5.74, 6) is -1.22. The molecule has 34 heavy (non-hydrogen) atoms. The first-order valence-electron chi connectivity index (χ1n) is 9.76. The van der Waals surface area contributed by atoms with Gasteiger partial charge in [0.2, 0.25) is 0 Å². The van der Waals surface area contributed by atoms with E-state index in [1.165, 1.54) is 24.3 Å². The third kappa shape index (κ3) is 5.21. The molecule has 1 aliphatic rings. The van der Waals surface area contributed by atoms with E-state index in [1.54, 1.807) is 30.3 Å². The smallest absolute Gasteiger partial charge is 0.335 e. The van der Waals surface area contributed by atoms with Crippen LogP contribution in [0.5, 0.6) is 5.75 Å². The van der Waals surface area contributed by atoms with Crippen LogP contribution in [0.2, 0.25) is 20.1 Å². The van der Waals surface area contributed by atoms with Gasteiger partial charge in [-0.2, -0.15) is 0 Å². The molecule has 4 amide bonds. The van der Waals surface area contributed by atoms with E-state index in [2.05, 4.69) is 5.32 Å². The van der Waals surface area contributed by atoms with Gasteiger partial charge < -0.3 is 4.74 Å². The molecule has 0 spiro atoms. The Kier molecular flexibility index (Phi) is 7.14. The summed E-state index contributed by atoms with van der Waals surface area (Å²) in [5.41, 5.74) is 1.28. The SMILES string of the molecule is O=C1NC(=O)N(c2ccc(Cl)c(Cl)c2)C(=O)/C1=C/c1ccc(OCc2ccc(Cl)cc2)c(Cl)c1. The Morgan fingerprint density at radius 3 is 2.24 bits per heavy atom. The van der Waals surface area contributed by atoms with Crippen LogP contribution in [0.25, 0.3) is 6.08 Å². The van der Waals surface area contributed by atoms with Crippen molar-refractivity contribution in [2.75, 3.05) is 4.90 Å². The quantitative estimate of drug-likeness (QED) is 0.297. The molecule has 1 fully saturated rings. The Balaban J connectivity index is 1.56. The first-order valence-corrected chi connectivity index (χ1v) is 11.3. The summed E-state index contributed by atoms with van der Waals surface area (Å²) >= 11 is 24.1. The van der Waals surface area contributed by atoms with Crippen LogP contribution in [-0.4, -0.2) is 17.8 Å². The molecule has 1 aliphatic heterocycles. The average molecular weight is 536 g/mol. The van der Waals surface area contributed by atoms with Crippen molar-refractivity contribution in [2.24, 2.45) is 0 Å². The van der Waals surface area contributed by atoms with Crippen LogP contribution in [0.3, 0.4) is 0 Å². The van der Waals surface area contributed by atoms with E-state index in [-0.39, 0.29) is 32.9 Å². The number of halogens is 4. The zero-order chi connectivity index (χ0) is 24.4. The third-order valence-corrected chi connectivity index (χ3v) is 6.12. The van der Waals surface area contributed by atoms with Crippen LogP contribution in [0.15, 0.2) is 66.2 Å². The Labute approximate surface area is 214 Å². The number of rotatable bonds is 5. The lowest BCUT2D eigenvalue weighted by atomic mass is 10.1. The first-order chi connectivity index (χ1) is 16.2. The molecule has 1 heterocycles. The maximum absolute atomic E-state index is 13.0. The molecule has 0 aromatic heterocycles. The third-order valence-electron chi connectivity index (χ3n) is 4.84. The number of carbonyl (C=O) groups excluding carboxylic acids is 3. The fourth-order valence-electron chi connectivity index (χ4n) is 3.15. The van der Waals surface area contributed by atoms with Crippen molar-refractivity contribution in [3.05, 3.63) is 97.5 Å². The van der Waals surface area contributed by atoms with Gasteiger partial charge in [-0.05, 0) is 59.7 Å². The van der Waals surface area contributed by atoms with Gasteiger partial charge in [0.15, 0.2) is 0 Å². The summed E-state index contributed by atoms with van der Waals surface area (Å²) in [7, 11) is 0. The molecule has 1 N–H and O–H groups in total. The fraction of sp³-hybridized carbons (Fsp3) is 0.0417. The zero-order valence-electron chi connectivity index (χ0n) is 17.2. The summed E-state index contributed by atoms with van der Waals surface area (Å²) in [6.07, 6.45) is 1.34. The largest absolute Gasteiger partial charge is 0.487 e. The molecule has 6 nitrogen and oxygen atoms in total. The van der Waals surface area contributed by atoms with Crippen molar-refractivity contribution in [3.8, 4) is 5.75 Å². The molecule has 4 rings (SSSR count). The van der Waals surface area contributed by atoms with E-state index in [9.17, 15) is 14.4 Å². The van der Waals surface area contributed by atoms with E-state index < -0.39 is 17.8 Å². The maximum atomic E-state index is 13.0. The van der Waals surface area contributed by atoms with E-state index in [1.807, 2.05) is 12.1 Å². The molecule has 0 aliphatic carbocycles. The number of anilines is 1. The van der Waals surface area contributed by atoms with Crippen molar-refractivity contribution in [1.29, 1.82) is 0 Å². The number of imide groups is 2. The van der Waals surface area contributed by atoms with Crippen molar-refractivity contribution in [2.45, 2.75) is 6.61 Å². The highest BCUT2D eigenvalue weighted by Gasteiger charge is 2.37. The van der Waals surface area contributed by atoms with Crippen molar-refractivity contribution in [1.82, 2.24) is 5.32 Å². The lowest BCUT2D eigenvalue weighted by molar-refractivity contribution is -0.122. The van der Waals surface area contributed by atoms with Crippen LogP contribution in [0, 0.1) is 0 Å². The van der Waals surface area contributed by atoms with Crippen molar-refractivity contribution < 1.29 is 19.1 Å². The topological polar surface area (TPSA) is 75.7 Å². The van der Waals surface area contributed by atoms with Crippen molar-refractivity contribution in [3.63, 3.8) is 0 Å². The molecular weight excluding hydrogens is 522 g/mol. The van der Waals surface area contributed by atoms with Gasteiger partial charge in [0.05, 0.1) is 20.8 Å². The molecule has 0 unspecified atom stereocenters. The lowest BCUT2D eigenvalue weighted by Crippen LogP contribution is -2.54. The fourth-order valence-corrected chi connectivity index (χ4v) is 3.81. The predicted molar refractivity (Wildman–Crippen MR) is 133 cm³/mol. The second kappa shape index (κ2) is 10.1. The first kappa shape index (κ1) is 24.1. The van der Waals surface area contributed by atoms with Crippen molar-refractivity contribution >= 4 is 76.0 Å². The van der Waals surface area contributed by atoms with Gasteiger partial charge in [0.1, 0.15) is 17.9 Å². The second-order valence-electron chi connectivity index (χ2n) is 7.16. The summed E-state index contributed by atoms with van der Waals surface area (Å²) in [5, 5.41) is 3.47. The molecule has 0 saturated carbocycles. The number of amides is 4. The van der Waals surface area contributed by atoms with E-state index in [0.29, 0.717) is 16.3 Å². The Morgan fingerprint density at radius 1 is 0.824 bits per heavy atom. The number of urea groups is 1. The van der Waals surface area contributed by atoms with Gasteiger partial charge in [-0.3, -0.25) is 14.9 Å².